The van der Waals surface area contributed by atoms with Crippen molar-refractivity contribution in [2.24, 2.45) is 0 Å². The smallest absolute Gasteiger partial charge is 0.258 e. The number of pyridine rings is 1. The molecule has 0 aliphatic rings. The number of hydrogen-bond acceptors (Lipinski definition) is 6. The first-order valence-corrected chi connectivity index (χ1v) is 11.7. The lowest BCUT2D eigenvalue weighted by Gasteiger charge is -2.17. The Morgan fingerprint density at radius 2 is 1.69 bits per heavy atom. The van der Waals surface area contributed by atoms with E-state index in [0.717, 1.165) is 23.6 Å². The van der Waals surface area contributed by atoms with Gasteiger partial charge in [0.25, 0.3) is 5.91 Å². The molecule has 0 aliphatic carbocycles. The summed E-state index contributed by atoms with van der Waals surface area (Å²) >= 11 is 1.72. The van der Waals surface area contributed by atoms with Crippen LogP contribution in [0.3, 0.4) is 0 Å². The van der Waals surface area contributed by atoms with Crippen LogP contribution >= 0.6 is 11.8 Å². The van der Waals surface area contributed by atoms with Crippen molar-refractivity contribution in [1.82, 2.24) is 19.9 Å². The highest BCUT2D eigenvalue weighted by Gasteiger charge is 2.20. The summed E-state index contributed by atoms with van der Waals surface area (Å²) in [5.41, 5.74) is 0.750. The molecule has 1 atom stereocenters. The summed E-state index contributed by atoms with van der Waals surface area (Å²) in [7, 11) is 0. The molecule has 164 valence electrons. The summed E-state index contributed by atoms with van der Waals surface area (Å²) in [5, 5.41) is 11.5. The van der Waals surface area contributed by atoms with Crippen LogP contribution < -0.4 is 14.8 Å². The number of thioether (sulfide) groups is 1. The van der Waals surface area contributed by atoms with E-state index in [-0.39, 0.29) is 18.6 Å². The summed E-state index contributed by atoms with van der Waals surface area (Å²) in [4.78, 5) is 12.6. The molecule has 32 heavy (non-hydrogen) atoms. The van der Waals surface area contributed by atoms with Gasteiger partial charge in [-0.2, -0.15) is 11.8 Å². The molecule has 0 aliphatic heterocycles. The van der Waals surface area contributed by atoms with Crippen LogP contribution in [-0.2, 0) is 4.79 Å². The van der Waals surface area contributed by atoms with Gasteiger partial charge in [-0.3, -0.25) is 9.20 Å². The van der Waals surface area contributed by atoms with Crippen LogP contribution in [0.2, 0.25) is 0 Å². The van der Waals surface area contributed by atoms with Gasteiger partial charge in [-0.05, 0) is 67.0 Å². The molecule has 0 fully saturated rings. The predicted octanol–water partition coefficient (Wildman–Crippen LogP) is 4.51. The lowest BCUT2D eigenvalue weighted by molar-refractivity contribution is -0.123. The van der Waals surface area contributed by atoms with Gasteiger partial charge in [-0.1, -0.05) is 24.3 Å². The maximum absolute atomic E-state index is 12.6. The van der Waals surface area contributed by atoms with Crippen LogP contribution in [0.25, 0.3) is 5.65 Å². The summed E-state index contributed by atoms with van der Waals surface area (Å²) in [6.45, 7) is -0.0919. The minimum atomic E-state index is -0.252. The number of rotatable bonds is 10. The molecule has 0 bridgehead atoms. The number of ether oxygens (including phenoxy) is 2. The average Bonchev–Trinajstić information content (AvgIpc) is 3.26. The SMILES string of the molecule is CSCCC(NC(=O)COc1ccc(Oc2ccccc2)cc1)c1nnc2ccccn12. The third kappa shape index (κ3) is 5.59. The van der Waals surface area contributed by atoms with Crippen LogP contribution in [0.4, 0.5) is 0 Å². The highest BCUT2D eigenvalue weighted by Crippen LogP contribution is 2.23. The first kappa shape index (κ1) is 21.7. The van der Waals surface area contributed by atoms with Crippen LogP contribution in [0, 0.1) is 0 Å². The van der Waals surface area contributed by atoms with E-state index in [9.17, 15) is 4.79 Å². The molecule has 7 nitrogen and oxygen atoms in total. The third-order valence-electron chi connectivity index (χ3n) is 4.77. The maximum Gasteiger partial charge on any atom is 0.258 e. The first-order valence-electron chi connectivity index (χ1n) is 10.3. The van der Waals surface area contributed by atoms with Gasteiger partial charge >= 0.3 is 0 Å². The molecule has 1 unspecified atom stereocenters. The van der Waals surface area contributed by atoms with Crippen molar-refractivity contribution in [2.45, 2.75) is 12.5 Å². The fourth-order valence-corrected chi connectivity index (χ4v) is 3.68. The second kappa shape index (κ2) is 10.7. The fraction of sp³-hybridized carbons (Fsp3) is 0.208. The molecular formula is C24H24N4O3S. The zero-order valence-electron chi connectivity index (χ0n) is 17.7. The number of para-hydroxylation sites is 1. The minimum absolute atomic E-state index is 0.0919. The zero-order valence-corrected chi connectivity index (χ0v) is 18.5. The molecule has 0 radical (unpaired) electrons. The summed E-state index contributed by atoms with van der Waals surface area (Å²) in [6, 6.07) is 22.2. The largest absolute Gasteiger partial charge is 0.484 e. The monoisotopic (exact) mass is 448 g/mol. The molecule has 2 heterocycles. The molecule has 0 saturated carbocycles. The van der Waals surface area contributed by atoms with Crippen molar-refractivity contribution in [3.05, 3.63) is 84.8 Å². The van der Waals surface area contributed by atoms with E-state index in [1.165, 1.54) is 0 Å². The number of benzene rings is 2. The van der Waals surface area contributed by atoms with Gasteiger partial charge in [0.2, 0.25) is 0 Å². The number of fused-ring (bicyclic) bond motifs is 1. The first-order chi connectivity index (χ1) is 15.7. The van der Waals surface area contributed by atoms with Crippen molar-refractivity contribution in [1.29, 1.82) is 0 Å². The summed E-state index contributed by atoms with van der Waals surface area (Å²) in [5.74, 6) is 3.44. The number of hydrogen-bond donors (Lipinski definition) is 1. The molecule has 2 aromatic carbocycles. The highest BCUT2D eigenvalue weighted by atomic mass is 32.2. The Labute approximate surface area is 190 Å². The lowest BCUT2D eigenvalue weighted by Crippen LogP contribution is -2.34. The van der Waals surface area contributed by atoms with Crippen molar-refractivity contribution < 1.29 is 14.3 Å². The predicted molar refractivity (Wildman–Crippen MR) is 125 cm³/mol. The quantitative estimate of drug-likeness (QED) is 0.385. The number of aromatic nitrogens is 3. The maximum atomic E-state index is 12.6. The highest BCUT2D eigenvalue weighted by molar-refractivity contribution is 7.98. The molecule has 1 amide bonds. The fourth-order valence-electron chi connectivity index (χ4n) is 3.21. The van der Waals surface area contributed by atoms with E-state index in [1.807, 2.05) is 77.5 Å². The van der Waals surface area contributed by atoms with Gasteiger partial charge < -0.3 is 14.8 Å². The molecular weight excluding hydrogens is 424 g/mol. The van der Waals surface area contributed by atoms with E-state index < -0.39 is 0 Å². The van der Waals surface area contributed by atoms with Crippen LogP contribution in [-0.4, -0.2) is 39.1 Å². The van der Waals surface area contributed by atoms with Crippen LogP contribution in [0.15, 0.2) is 79.0 Å². The average molecular weight is 449 g/mol. The number of nitrogens with zero attached hydrogens (tertiary/aromatic N) is 3. The van der Waals surface area contributed by atoms with Crippen molar-refractivity contribution in [2.75, 3.05) is 18.6 Å². The topological polar surface area (TPSA) is 77.8 Å². The summed E-state index contributed by atoms with van der Waals surface area (Å²) in [6.07, 6.45) is 4.68. The molecule has 1 N–H and O–H groups in total. The Morgan fingerprint density at radius 1 is 0.969 bits per heavy atom. The number of carbonyl (C=O) groups is 1. The van der Waals surface area contributed by atoms with E-state index in [0.29, 0.717) is 17.3 Å². The van der Waals surface area contributed by atoms with Crippen molar-refractivity contribution in [3.63, 3.8) is 0 Å². The van der Waals surface area contributed by atoms with E-state index in [1.54, 1.807) is 23.9 Å². The second-order valence-electron chi connectivity index (χ2n) is 7.06. The molecule has 2 aromatic heterocycles. The van der Waals surface area contributed by atoms with Gasteiger partial charge in [0.05, 0.1) is 6.04 Å². The number of carbonyl (C=O) groups excluding carboxylic acids is 1. The van der Waals surface area contributed by atoms with Crippen molar-refractivity contribution >= 4 is 23.3 Å². The molecule has 4 rings (SSSR count). The molecule has 0 saturated heterocycles. The Bertz CT molecular complexity index is 1150. The van der Waals surface area contributed by atoms with Crippen molar-refractivity contribution in [3.8, 4) is 17.2 Å². The lowest BCUT2D eigenvalue weighted by atomic mass is 10.2. The van der Waals surface area contributed by atoms with Gasteiger partial charge in [0.15, 0.2) is 18.1 Å². The summed E-state index contributed by atoms with van der Waals surface area (Å²) < 4.78 is 13.3. The molecule has 4 aromatic rings. The number of amides is 1. The van der Waals surface area contributed by atoms with Gasteiger partial charge in [-0.25, -0.2) is 0 Å². The van der Waals surface area contributed by atoms with Gasteiger partial charge in [0, 0.05) is 6.20 Å². The van der Waals surface area contributed by atoms with E-state index in [4.69, 9.17) is 9.47 Å². The third-order valence-corrected chi connectivity index (χ3v) is 5.41. The Morgan fingerprint density at radius 3 is 2.47 bits per heavy atom. The number of nitrogens with one attached hydrogen (secondary N) is 1. The zero-order chi connectivity index (χ0) is 22.2. The standard InChI is InChI=1S/C24H24N4O3S/c1-32-16-14-21(24-27-26-22-9-5-6-15-28(22)24)25-23(29)17-30-18-10-12-20(13-11-18)31-19-7-3-2-4-8-19/h2-13,15,21H,14,16-17H2,1H3,(H,25,29). The molecule has 8 heteroatoms. The Balaban J connectivity index is 1.35. The van der Waals surface area contributed by atoms with Crippen LogP contribution in [0.5, 0.6) is 17.2 Å². The Hall–Kier alpha value is -3.52. The minimum Gasteiger partial charge on any atom is -0.484 e. The van der Waals surface area contributed by atoms with E-state index in [2.05, 4.69) is 15.5 Å². The van der Waals surface area contributed by atoms with Gasteiger partial charge in [-0.15, -0.1) is 10.2 Å². The second-order valence-corrected chi connectivity index (χ2v) is 8.05. The van der Waals surface area contributed by atoms with Crippen LogP contribution in [0.1, 0.15) is 18.3 Å². The van der Waals surface area contributed by atoms with Gasteiger partial charge in [0.1, 0.15) is 17.2 Å². The Kier molecular flexibility index (Phi) is 7.24. The normalized spacial score (nSPS) is 11.8. The molecule has 0 spiro atoms. The van der Waals surface area contributed by atoms with E-state index >= 15 is 0 Å².